The highest BCUT2D eigenvalue weighted by Crippen LogP contribution is 2.17. The van der Waals surface area contributed by atoms with Gasteiger partial charge in [0.05, 0.1) is 17.8 Å². The second kappa shape index (κ2) is 6.99. The maximum Gasteiger partial charge on any atom is 0.413 e. The molecule has 1 aromatic carbocycles. The van der Waals surface area contributed by atoms with Gasteiger partial charge in [0.2, 0.25) is 5.95 Å². The van der Waals surface area contributed by atoms with E-state index < -0.39 is 6.09 Å². The van der Waals surface area contributed by atoms with Gasteiger partial charge in [-0.2, -0.15) is 0 Å². The molecule has 8 heteroatoms. The molecule has 0 radical (unpaired) electrons. The van der Waals surface area contributed by atoms with E-state index in [1.54, 1.807) is 14.0 Å². The Bertz CT molecular complexity index is 707. The average molecular weight is 319 g/mol. The topological polar surface area (TPSA) is 79.4 Å². The molecule has 1 aromatic heterocycles. The fourth-order valence-corrected chi connectivity index (χ4v) is 2.08. The lowest BCUT2D eigenvalue weighted by atomic mass is 10.2. The van der Waals surface area contributed by atoms with E-state index in [4.69, 9.17) is 17.0 Å². The van der Waals surface area contributed by atoms with Crippen molar-refractivity contribution in [3.05, 3.63) is 30.0 Å². The van der Waals surface area contributed by atoms with E-state index in [1.807, 2.05) is 31.2 Å². The molecule has 2 rings (SSSR count). The second-order valence-electron chi connectivity index (χ2n) is 4.47. The van der Waals surface area contributed by atoms with Crippen LogP contribution in [-0.4, -0.2) is 34.8 Å². The van der Waals surface area contributed by atoms with Gasteiger partial charge in [-0.15, -0.1) is 0 Å². The standard InChI is InChI=1S/C14H17N5O2S/c1-4-21-14(20)17-13(22)18-19(3)12-15-9(2)10-7-5-6-8-11(10)16-12/h5-8H,4H2,1-3H3,(H2,17,18,20,22). The number of aromatic nitrogens is 2. The van der Waals surface area contributed by atoms with Crippen molar-refractivity contribution in [2.24, 2.45) is 0 Å². The quantitative estimate of drug-likeness (QED) is 0.661. The number of ether oxygens (including phenoxy) is 1. The number of nitrogens with zero attached hydrogens (tertiary/aromatic N) is 3. The molecule has 0 bridgehead atoms. The molecule has 2 N–H and O–H groups in total. The summed E-state index contributed by atoms with van der Waals surface area (Å²) in [5, 5.41) is 5.03. The van der Waals surface area contributed by atoms with Gasteiger partial charge in [-0.05, 0) is 32.1 Å². The molecule has 0 saturated heterocycles. The van der Waals surface area contributed by atoms with Crippen molar-refractivity contribution in [3.8, 4) is 0 Å². The summed E-state index contributed by atoms with van der Waals surface area (Å²) in [7, 11) is 1.71. The number of carbonyl (C=O) groups is 1. The Labute approximate surface area is 133 Å². The normalized spacial score (nSPS) is 10.1. The summed E-state index contributed by atoms with van der Waals surface area (Å²) in [6, 6.07) is 7.74. The first-order valence-electron chi connectivity index (χ1n) is 6.72. The van der Waals surface area contributed by atoms with Crippen molar-refractivity contribution in [2.75, 3.05) is 18.7 Å². The number of aryl methyl sites for hydroxylation is 1. The van der Waals surface area contributed by atoms with E-state index in [9.17, 15) is 4.79 Å². The summed E-state index contributed by atoms with van der Waals surface area (Å²) in [6.07, 6.45) is -0.607. The third-order valence-corrected chi connectivity index (χ3v) is 3.04. The van der Waals surface area contributed by atoms with Crippen molar-refractivity contribution in [3.63, 3.8) is 0 Å². The lowest BCUT2D eigenvalue weighted by Gasteiger charge is -2.20. The van der Waals surface area contributed by atoms with E-state index in [2.05, 4.69) is 20.7 Å². The molecule has 0 aliphatic heterocycles. The smallest absolute Gasteiger partial charge is 0.413 e. The molecule has 0 saturated carbocycles. The summed E-state index contributed by atoms with van der Waals surface area (Å²) < 4.78 is 4.75. The van der Waals surface area contributed by atoms with Crippen molar-refractivity contribution in [1.29, 1.82) is 0 Å². The molecule has 116 valence electrons. The average Bonchev–Trinajstić information content (AvgIpc) is 2.47. The zero-order valence-corrected chi connectivity index (χ0v) is 13.4. The maximum absolute atomic E-state index is 11.3. The molecular formula is C14H17N5O2S. The van der Waals surface area contributed by atoms with Crippen LogP contribution in [0.1, 0.15) is 12.6 Å². The molecule has 0 aliphatic carbocycles. The number of para-hydroxylation sites is 1. The predicted molar refractivity (Wildman–Crippen MR) is 88.6 cm³/mol. The Morgan fingerprint density at radius 1 is 1.36 bits per heavy atom. The highest BCUT2D eigenvalue weighted by molar-refractivity contribution is 7.80. The number of hydrazine groups is 1. The van der Waals surface area contributed by atoms with Gasteiger partial charge in [0.25, 0.3) is 0 Å². The molecule has 0 aliphatic rings. The minimum Gasteiger partial charge on any atom is -0.450 e. The van der Waals surface area contributed by atoms with Crippen molar-refractivity contribution >= 4 is 40.3 Å². The summed E-state index contributed by atoms with van der Waals surface area (Å²) >= 11 is 5.03. The van der Waals surface area contributed by atoms with Gasteiger partial charge in [-0.25, -0.2) is 14.8 Å². The summed E-state index contributed by atoms with van der Waals surface area (Å²) in [5.74, 6) is 0.448. The molecule has 0 spiro atoms. The van der Waals surface area contributed by atoms with Gasteiger partial charge in [0.1, 0.15) is 0 Å². The zero-order chi connectivity index (χ0) is 16.1. The summed E-state index contributed by atoms with van der Waals surface area (Å²) in [4.78, 5) is 20.2. The third kappa shape index (κ3) is 3.79. The molecule has 0 unspecified atom stereocenters. The monoisotopic (exact) mass is 319 g/mol. The number of hydrogen-bond donors (Lipinski definition) is 2. The van der Waals surface area contributed by atoms with E-state index in [0.29, 0.717) is 5.95 Å². The maximum atomic E-state index is 11.3. The third-order valence-electron chi connectivity index (χ3n) is 2.84. The minimum absolute atomic E-state index is 0.107. The van der Waals surface area contributed by atoms with Crippen LogP contribution in [0.15, 0.2) is 24.3 Å². The summed E-state index contributed by atoms with van der Waals surface area (Å²) in [6.45, 7) is 3.90. The SMILES string of the molecule is CCOC(=O)NC(=S)NN(C)c1nc(C)c2ccccc2n1. The Kier molecular flexibility index (Phi) is 5.05. The van der Waals surface area contributed by atoms with Crippen LogP contribution in [0.5, 0.6) is 0 Å². The molecule has 7 nitrogen and oxygen atoms in total. The van der Waals surface area contributed by atoms with Crippen molar-refractivity contribution in [1.82, 2.24) is 20.7 Å². The largest absolute Gasteiger partial charge is 0.450 e. The number of anilines is 1. The van der Waals surface area contributed by atoms with Crippen LogP contribution < -0.4 is 15.8 Å². The van der Waals surface area contributed by atoms with Crippen LogP contribution in [0, 0.1) is 6.92 Å². The van der Waals surface area contributed by atoms with Gasteiger partial charge in [0, 0.05) is 12.4 Å². The Morgan fingerprint density at radius 3 is 2.82 bits per heavy atom. The van der Waals surface area contributed by atoms with Crippen LogP contribution >= 0.6 is 12.2 Å². The lowest BCUT2D eigenvalue weighted by Crippen LogP contribution is -2.48. The number of benzene rings is 1. The van der Waals surface area contributed by atoms with Gasteiger partial charge in [-0.3, -0.25) is 15.8 Å². The van der Waals surface area contributed by atoms with Gasteiger partial charge in [0.15, 0.2) is 5.11 Å². The van der Waals surface area contributed by atoms with Crippen molar-refractivity contribution < 1.29 is 9.53 Å². The highest BCUT2D eigenvalue weighted by atomic mass is 32.1. The number of thiocarbonyl (C=S) groups is 1. The van der Waals surface area contributed by atoms with Crippen LogP contribution in [0.2, 0.25) is 0 Å². The van der Waals surface area contributed by atoms with Gasteiger partial charge >= 0.3 is 6.09 Å². The van der Waals surface area contributed by atoms with Gasteiger partial charge in [-0.1, -0.05) is 18.2 Å². The molecular weight excluding hydrogens is 302 g/mol. The number of nitrogens with one attached hydrogen (secondary N) is 2. The van der Waals surface area contributed by atoms with Crippen LogP contribution in [0.4, 0.5) is 10.7 Å². The number of amides is 1. The number of fused-ring (bicyclic) bond motifs is 1. The Balaban J connectivity index is 2.11. The van der Waals surface area contributed by atoms with E-state index >= 15 is 0 Å². The molecule has 0 fully saturated rings. The first kappa shape index (κ1) is 15.9. The Morgan fingerprint density at radius 2 is 2.09 bits per heavy atom. The summed E-state index contributed by atoms with van der Waals surface area (Å²) in [5.41, 5.74) is 4.50. The van der Waals surface area contributed by atoms with E-state index in [-0.39, 0.29) is 11.7 Å². The molecule has 1 amide bonds. The van der Waals surface area contributed by atoms with Crippen LogP contribution in [-0.2, 0) is 4.74 Å². The van der Waals surface area contributed by atoms with Crippen LogP contribution in [0.25, 0.3) is 10.9 Å². The zero-order valence-electron chi connectivity index (χ0n) is 12.6. The van der Waals surface area contributed by atoms with Crippen LogP contribution in [0.3, 0.4) is 0 Å². The predicted octanol–water partition coefficient (Wildman–Crippen LogP) is 1.91. The Hall–Kier alpha value is -2.48. The number of rotatable bonds is 3. The number of alkyl carbamates (subject to hydrolysis) is 1. The minimum atomic E-state index is -0.607. The van der Waals surface area contributed by atoms with E-state index in [0.717, 1.165) is 16.6 Å². The molecule has 0 atom stereocenters. The lowest BCUT2D eigenvalue weighted by molar-refractivity contribution is 0.157. The second-order valence-corrected chi connectivity index (χ2v) is 4.88. The fraction of sp³-hybridized carbons (Fsp3) is 0.286. The molecule has 22 heavy (non-hydrogen) atoms. The highest BCUT2D eigenvalue weighted by Gasteiger charge is 2.11. The first-order chi connectivity index (χ1) is 10.5. The number of hydrogen-bond acceptors (Lipinski definition) is 6. The van der Waals surface area contributed by atoms with Gasteiger partial charge < -0.3 is 4.74 Å². The van der Waals surface area contributed by atoms with E-state index in [1.165, 1.54) is 5.01 Å². The molecule has 1 heterocycles. The molecule has 2 aromatic rings. The number of carbonyl (C=O) groups excluding carboxylic acids is 1. The first-order valence-corrected chi connectivity index (χ1v) is 7.13. The van der Waals surface area contributed by atoms with Crippen molar-refractivity contribution in [2.45, 2.75) is 13.8 Å². The fourth-order valence-electron chi connectivity index (χ4n) is 1.86.